The van der Waals surface area contributed by atoms with E-state index in [0.717, 1.165) is 38.3 Å². The first-order chi connectivity index (χ1) is 13.6. The number of sulfone groups is 1. The molecular weight excluding hydrogens is 397 g/mol. The average molecular weight is 424 g/mol. The van der Waals surface area contributed by atoms with Crippen LogP contribution in [0, 0.1) is 23.1 Å². The molecule has 1 aromatic carbocycles. The summed E-state index contributed by atoms with van der Waals surface area (Å²) in [6.07, 6.45) is 5.27. The molecule has 3 fully saturated rings. The zero-order valence-corrected chi connectivity index (χ0v) is 17.3. The second-order valence-corrected chi connectivity index (χ2v) is 11.1. The average Bonchev–Trinajstić information content (AvgIpc) is 2.97. The molecule has 1 aromatic rings. The molecule has 2 saturated heterocycles. The highest BCUT2D eigenvalue weighted by atomic mass is 32.2. The van der Waals surface area contributed by atoms with Crippen LogP contribution in [0.5, 0.6) is 0 Å². The maximum atomic E-state index is 13.8. The molecule has 1 saturated carbocycles. The Balaban J connectivity index is 1.23. The van der Waals surface area contributed by atoms with Crippen molar-refractivity contribution >= 4 is 21.7 Å². The summed E-state index contributed by atoms with van der Waals surface area (Å²) in [4.78, 5) is 25.4. The van der Waals surface area contributed by atoms with Crippen LogP contribution in [0.1, 0.15) is 37.7 Å². The Kier molecular flexibility index (Phi) is 5.17. The van der Waals surface area contributed by atoms with Crippen LogP contribution in [0.25, 0.3) is 0 Å². The third kappa shape index (κ3) is 4.47. The lowest BCUT2D eigenvalue weighted by Crippen LogP contribution is -2.63. The Labute approximate surface area is 170 Å². The quantitative estimate of drug-likeness (QED) is 0.656. The van der Waals surface area contributed by atoms with Crippen molar-refractivity contribution in [3.05, 3.63) is 29.6 Å². The highest BCUT2D eigenvalue weighted by molar-refractivity contribution is 7.90. The minimum atomic E-state index is -3.43. The zero-order chi connectivity index (χ0) is 20.8. The summed E-state index contributed by atoms with van der Waals surface area (Å²) in [6.45, 7) is 1.96. The molecule has 0 aromatic heterocycles. The minimum absolute atomic E-state index is 0.0244. The topological polar surface area (TPSA) is 80.8 Å². The van der Waals surface area contributed by atoms with Crippen LogP contribution < -0.4 is 0 Å². The van der Waals surface area contributed by atoms with Gasteiger partial charge in [-0.1, -0.05) is 0 Å². The molecule has 1 amide bonds. The number of cyclic esters (lactones) is 1. The van der Waals surface area contributed by atoms with Crippen LogP contribution >= 0.6 is 0 Å². The molecule has 6 nitrogen and oxygen atoms in total. The monoisotopic (exact) mass is 423 g/mol. The van der Waals surface area contributed by atoms with Crippen molar-refractivity contribution in [2.75, 3.05) is 26.0 Å². The number of halogens is 1. The van der Waals surface area contributed by atoms with Gasteiger partial charge in [-0.15, -0.1) is 0 Å². The molecule has 0 bridgehead atoms. The standard InChI is InChI=1S/C21H26FNO5S/c1-29(26,27)18-6-15(5-17(22)8-18)4-16-9-21(10-16)12-23(13-21)19(24)3-2-14-7-20(25)28-11-14/h5-6,8,14,16H,2-4,7,9-13H2,1H3/t14-/m0/s1. The third-order valence-electron chi connectivity index (χ3n) is 6.43. The largest absolute Gasteiger partial charge is 0.465 e. The molecule has 0 radical (unpaired) electrons. The number of carbonyl (C=O) groups is 2. The number of amides is 1. The number of likely N-dealkylation sites (tertiary alicyclic amines) is 1. The van der Waals surface area contributed by atoms with Crippen molar-refractivity contribution in [1.29, 1.82) is 0 Å². The van der Waals surface area contributed by atoms with Crippen LogP contribution in [-0.2, 0) is 30.6 Å². The lowest BCUT2D eigenvalue weighted by molar-refractivity contribution is -0.155. The van der Waals surface area contributed by atoms with E-state index in [1.54, 1.807) is 6.07 Å². The van der Waals surface area contributed by atoms with Gasteiger partial charge >= 0.3 is 5.97 Å². The highest BCUT2D eigenvalue weighted by Gasteiger charge is 2.53. The van der Waals surface area contributed by atoms with Gasteiger partial charge in [-0.2, -0.15) is 0 Å². The van der Waals surface area contributed by atoms with Gasteiger partial charge < -0.3 is 9.64 Å². The SMILES string of the molecule is CS(=O)(=O)c1cc(F)cc(CC2CC3(C2)CN(C(=O)CC[C@@H]2COC(=O)C2)C3)c1. The highest BCUT2D eigenvalue weighted by Crippen LogP contribution is 2.53. The molecular formula is C21H26FNO5S. The number of hydrogen-bond donors (Lipinski definition) is 0. The molecule has 29 heavy (non-hydrogen) atoms. The number of ether oxygens (including phenoxy) is 1. The third-order valence-corrected chi connectivity index (χ3v) is 7.53. The Morgan fingerprint density at radius 1 is 1.24 bits per heavy atom. The van der Waals surface area contributed by atoms with Gasteiger partial charge in [0.05, 0.1) is 17.9 Å². The summed E-state index contributed by atoms with van der Waals surface area (Å²) in [5.41, 5.74) is 0.894. The van der Waals surface area contributed by atoms with Crippen molar-refractivity contribution in [3.63, 3.8) is 0 Å². The van der Waals surface area contributed by atoms with E-state index < -0.39 is 15.7 Å². The molecule has 1 spiro atoms. The maximum Gasteiger partial charge on any atom is 0.306 e. The van der Waals surface area contributed by atoms with Crippen LogP contribution in [0.3, 0.4) is 0 Å². The lowest BCUT2D eigenvalue weighted by atomic mass is 9.56. The van der Waals surface area contributed by atoms with Crippen LogP contribution in [0.4, 0.5) is 4.39 Å². The summed E-state index contributed by atoms with van der Waals surface area (Å²) in [5, 5.41) is 0. The van der Waals surface area contributed by atoms with E-state index in [2.05, 4.69) is 0 Å². The molecule has 2 aliphatic heterocycles. The summed E-state index contributed by atoms with van der Waals surface area (Å²) >= 11 is 0. The molecule has 2 heterocycles. The van der Waals surface area contributed by atoms with Gasteiger partial charge in [-0.05, 0) is 55.4 Å². The Bertz CT molecular complexity index is 930. The Morgan fingerprint density at radius 2 is 1.97 bits per heavy atom. The number of hydrogen-bond acceptors (Lipinski definition) is 5. The van der Waals surface area contributed by atoms with Gasteiger partial charge in [-0.25, -0.2) is 12.8 Å². The summed E-state index contributed by atoms with van der Waals surface area (Å²) in [5.74, 6) is 0.00174. The van der Waals surface area contributed by atoms with E-state index in [9.17, 15) is 22.4 Å². The molecule has 0 unspecified atom stereocenters. The molecule has 0 N–H and O–H groups in total. The van der Waals surface area contributed by atoms with Crippen molar-refractivity contribution in [2.24, 2.45) is 17.3 Å². The maximum absolute atomic E-state index is 13.8. The van der Waals surface area contributed by atoms with E-state index in [4.69, 9.17) is 4.74 Å². The number of rotatable bonds is 6. The normalized spacial score (nSPS) is 23.6. The smallest absolute Gasteiger partial charge is 0.306 e. The van der Waals surface area contributed by atoms with E-state index in [1.165, 1.54) is 6.07 Å². The van der Waals surface area contributed by atoms with Gasteiger partial charge in [-0.3, -0.25) is 9.59 Å². The predicted molar refractivity (Wildman–Crippen MR) is 103 cm³/mol. The zero-order valence-electron chi connectivity index (χ0n) is 16.5. The van der Waals surface area contributed by atoms with E-state index >= 15 is 0 Å². The predicted octanol–water partition coefficient (Wildman–Crippen LogP) is 2.35. The Hall–Kier alpha value is -1.96. The molecule has 158 valence electrons. The first-order valence-electron chi connectivity index (χ1n) is 10.0. The van der Waals surface area contributed by atoms with Gasteiger partial charge in [0, 0.05) is 37.1 Å². The fraction of sp³-hybridized carbons (Fsp3) is 0.619. The number of carbonyl (C=O) groups excluding carboxylic acids is 2. The summed E-state index contributed by atoms with van der Waals surface area (Å²) in [7, 11) is -3.43. The Morgan fingerprint density at radius 3 is 2.59 bits per heavy atom. The molecule has 1 atom stereocenters. The minimum Gasteiger partial charge on any atom is -0.465 e. The van der Waals surface area contributed by atoms with Crippen molar-refractivity contribution < 1.29 is 27.1 Å². The van der Waals surface area contributed by atoms with Crippen LogP contribution in [0.2, 0.25) is 0 Å². The molecule has 1 aliphatic carbocycles. The number of nitrogens with zero attached hydrogens (tertiary/aromatic N) is 1. The summed E-state index contributed by atoms with van der Waals surface area (Å²) in [6, 6.07) is 4.04. The van der Waals surface area contributed by atoms with Gasteiger partial charge in [0.2, 0.25) is 5.91 Å². The van der Waals surface area contributed by atoms with Crippen molar-refractivity contribution in [3.8, 4) is 0 Å². The van der Waals surface area contributed by atoms with Gasteiger partial charge in [0.25, 0.3) is 0 Å². The summed E-state index contributed by atoms with van der Waals surface area (Å²) < 4.78 is 42.1. The fourth-order valence-electron chi connectivity index (χ4n) is 5.03. The lowest BCUT2D eigenvalue weighted by Gasteiger charge is -2.59. The van der Waals surface area contributed by atoms with Crippen molar-refractivity contribution in [1.82, 2.24) is 4.90 Å². The first kappa shape index (κ1) is 20.3. The molecule has 8 heteroatoms. The number of benzene rings is 1. The van der Waals surface area contributed by atoms with Gasteiger partial charge in [0.15, 0.2) is 9.84 Å². The van der Waals surface area contributed by atoms with E-state index in [-0.39, 0.29) is 28.1 Å². The van der Waals surface area contributed by atoms with Gasteiger partial charge in [0.1, 0.15) is 5.82 Å². The second kappa shape index (κ2) is 7.38. The molecule has 4 rings (SSSR count). The fourth-order valence-corrected chi connectivity index (χ4v) is 5.72. The van der Waals surface area contributed by atoms with Crippen LogP contribution in [0.15, 0.2) is 23.1 Å². The number of esters is 1. The van der Waals surface area contributed by atoms with E-state index in [0.29, 0.717) is 43.8 Å². The first-order valence-corrected chi connectivity index (χ1v) is 11.9. The molecule has 3 aliphatic rings. The van der Waals surface area contributed by atoms with Crippen LogP contribution in [-0.4, -0.2) is 51.1 Å². The second-order valence-electron chi connectivity index (χ2n) is 9.09. The van der Waals surface area contributed by atoms with Crippen molar-refractivity contribution in [2.45, 2.75) is 43.4 Å². The van der Waals surface area contributed by atoms with E-state index in [1.807, 2.05) is 4.90 Å².